The lowest BCUT2D eigenvalue weighted by atomic mass is 10.0. The normalized spacial score (nSPS) is 11.7. The minimum atomic E-state index is 0.335. The van der Waals surface area contributed by atoms with Gasteiger partial charge >= 0.3 is 0 Å². The van der Waals surface area contributed by atoms with Gasteiger partial charge in [0.15, 0.2) is 0 Å². The van der Waals surface area contributed by atoms with E-state index in [9.17, 15) is 0 Å². The molecule has 2 rings (SSSR count). The highest BCUT2D eigenvalue weighted by Crippen LogP contribution is 2.31. The van der Waals surface area contributed by atoms with Gasteiger partial charge in [-0.05, 0) is 49.4 Å². The predicted octanol–water partition coefficient (Wildman–Crippen LogP) is 4.00. The van der Waals surface area contributed by atoms with Crippen LogP contribution >= 0.6 is 0 Å². The van der Waals surface area contributed by atoms with Crippen LogP contribution in [0.3, 0.4) is 0 Å². The molecule has 108 valence electrons. The molecule has 0 aliphatic heterocycles. The van der Waals surface area contributed by atoms with Gasteiger partial charge in [0.05, 0.1) is 11.6 Å². The van der Waals surface area contributed by atoms with Crippen LogP contribution in [0, 0.1) is 11.3 Å². The zero-order valence-corrected chi connectivity index (χ0v) is 12.8. The average molecular weight is 279 g/mol. The number of nitrogens with one attached hydrogen (secondary N) is 1. The summed E-state index contributed by atoms with van der Waals surface area (Å²) in [5, 5.41) is 12.3. The molecular weight excluding hydrogens is 258 g/mol. The number of rotatable bonds is 5. The van der Waals surface area contributed by atoms with Crippen molar-refractivity contribution in [2.45, 2.75) is 19.4 Å². The summed E-state index contributed by atoms with van der Waals surface area (Å²) in [6.07, 6.45) is 1.04. The average Bonchev–Trinajstić information content (AvgIpc) is 2.56. The Hall–Kier alpha value is -2.31. The van der Waals surface area contributed by atoms with Gasteiger partial charge in [0, 0.05) is 24.5 Å². The van der Waals surface area contributed by atoms with E-state index in [1.807, 2.05) is 31.3 Å². The quantitative estimate of drug-likeness (QED) is 0.899. The topological polar surface area (TPSA) is 39.1 Å². The summed E-state index contributed by atoms with van der Waals surface area (Å²) in [5.74, 6) is 0. The smallest absolute Gasteiger partial charge is 0.0991 e. The lowest BCUT2D eigenvalue weighted by Crippen LogP contribution is -2.19. The van der Waals surface area contributed by atoms with Gasteiger partial charge in [0.1, 0.15) is 0 Å². The standard InChI is InChI=1S/C18H21N3/c1-4-17(20-2)16-7-5-6-8-18(16)21(3)15-11-9-14(13-19)10-12-15/h5-12,17,20H,4H2,1-3H3. The highest BCUT2D eigenvalue weighted by atomic mass is 15.1. The van der Waals surface area contributed by atoms with Gasteiger partial charge in [-0.3, -0.25) is 0 Å². The maximum absolute atomic E-state index is 8.89. The van der Waals surface area contributed by atoms with E-state index in [1.165, 1.54) is 11.3 Å². The number of nitriles is 1. The summed E-state index contributed by atoms with van der Waals surface area (Å²) in [7, 11) is 4.05. The van der Waals surface area contributed by atoms with Gasteiger partial charge in [-0.1, -0.05) is 25.1 Å². The fraction of sp³-hybridized carbons (Fsp3) is 0.278. The maximum atomic E-state index is 8.89. The molecule has 0 heterocycles. The second-order valence-electron chi connectivity index (χ2n) is 5.03. The first-order valence-electron chi connectivity index (χ1n) is 7.21. The molecule has 0 bridgehead atoms. The number of hydrogen-bond acceptors (Lipinski definition) is 3. The summed E-state index contributed by atoms with van der Waals surface area (Å²) < 4.78 is 0. The molecule has 0 radical (unpaired) electrons. The molecule has 2 aromatic carbocycles. The summed E-state index contributed by atoms with van der Waals surface area (Å²) in [6.45, 7) is 2.18. The van der Waals surface area contributed by atoms with E-state index in [0.717, 1.165) is 12.1 Å². The van der Waals surface area contributed by atoms with Crippen LogP contribution in [-0.4, -0.2) is 14.1 Å². The summed E-state index contributed by atoms with van der Waals surface area (Å²) >= 11 is 0. The molecule has 0 saturated carbocycles. The molecule has 21 heavy (non-hydrogen) atoms. The van der Waals surface area contributed by atoms with Crippen molar-refractivity contribution in [1.29, 1.82) is 5.26 Å². The van der Waals surface area contributed by atoms with Gasteiger partial charge in [0.2, 0.25) is 0 Å². The van der Waals surface area contributed by atoms with E-state index >= 15 is 0 Å². The molecule has 3 heteroatoms. The van der Waals surface area contributed by atoms with E-state index in [2.05, 4.69) is 54.5 Å². The first-order valence-corrected chi connectivity index (χ1v) is 7.21. The molecule has 0 fully saturated rings. The van der Waals surface area contributed by atoms with Crippen molar-refractivity contribution in [1.82, 2.24) is 5.32 Å². The van der Waals surface area contributed by atoms with Gasteiger partial charge in [-0.15, -0.1) is 0 Å². The second kappa shape index (κ2) is 6.92. The van der Waals surface area contributed by atoms with Gasteiger partial charge in [-0.25, -0.2) is 0 Å². The van der Waals surface area contributed by atoms with Crippen molar-refractivity contribution in [2.24, 2.45) is 0 Å². The van der Waals surface area contributed by atoms with Crippen LogP contribution in [0.4, 0.5) is 11.4 Å². The van der Waals surface area contributed by atoms with Crippen molar-refractivity contribution < 1.29 is 0 Å². The maximum Gasteiger partial charge on any atom is 0.0991 e. The molecule has 0 aliphatic carbocycles. The van der Waals surface area contributed by atoms with Crippen LogP contribution < -0.4 is 10.2 Å². The zero-order chi connectivity index (χ0) is 15.2. The Morgan fingerprint density at radius 2 is 1.81 bits per heavy atom. The molecule has 0 aromatic heterocycles. The van der Waals surface area contributed by atoms with Crippen LogP contribution in [0.15, 0.2) is 48.5 Å². The molecular formula is C18H21N3. The fourth-order valence-electron chi connectivity index (χ4n) is 2.57. The first-order chi connectivity index (χ1) is 10.2. The summed E-state index contributed by atoms with van der Waals surface area (Å²) in [6, 6.07) is 18.6. The Morgan fingerprint density at radius 1 is 1.14 bits per heavy atom. The minimum Gasteiger partial charge on any atom is -0.344 e. The Balaban J connectivity index is 2.38. The van der Waals surface area contributed by atoms with Crippen LogP contribution in [0.5, 0.6) is 0 Å². The first kappa shape index (κ1) is 15.1. The SMILES string of the molecule is CCC(NC)c1ccccc1N(C)c1ccc(C#N)cc1. The highest BCUT2D eigenvalue weighted by molar-refractivity contribution is 5.66. The predicted molar refractivity (Wildman–Crippen MR) is 87.8 cm³/mol. The summed E-state index contributed by atoms with van der Waals surface area (Å²) in [5.41, 5.74) is 4.23. The molecule has 1 atom stereocenters. The highest BCUT2D eigenvalue weighted by Gasteiger charge is 2.14. The van der Waals surface area contributed by atoms with Crippen LogP contribution in [-0.2, 0) is 0 Å². The third kappa shape index (κ3) is 3.24. The van der Waals surface area contributed by atoms with Crippen molar-refractivity contribution in [2.75, 3.05) is 19.0 Å². The van der Waals surface area contributed by atoms with E-state index in [0.29, 0.717) is 11.6 Å². The molecule has 0 amide bonds. The molecule has 1 N–H and O–H groups in total. The van der Waals surface area contributed by atoms with Crippen molar-refractivity contribution in [3.8, 4) is 6.07 Å². The molecule has 2 aromatic rings. The monoisotopic (exact) mass is 279 g/mol. The zero-order valence-electron chi connectivity index (χ0n) is 12.8. The van der Waals surface area contributed by atoms with Crippen molar-refractivity contribution in [3.63, 3.8) is 0 Å². The third-order valence-corrected chi connectivity index (χ3v) is 3.81. The third-order valence-electron chi connectivity index (χ3n) is 3.81. The second-order valence-corrected chi connectivity index (χ2v) is 5.03. The van der Waals surface area contributed by atoms with E-state index in [4.69, 9.17) is 5.26 Å². The van der Waals surface area contributed by atoms with Crippen LogP contribution in [0.25, 0.3) is 0 Å². The van der Waals surface area contributed by atoms with Gasteiger partial charge in [-0.2, -0.15) is 5.26 Å². The van der Waals surface area contributed by atoms with Crippen LogP contribution in [0.1, 0.15) is 30.5 Å². The molecule has 3 nitrogen and oxygen atoms in total. The lowest BCUT2D eigenvalue weighted by molar-refractivity contribution is 0.577. The largest absolute Gasteiger partial charge is 0.344 e. The number of benzene rings is 2. The molecule has 0 aliphatic rings. The Morgan fingerprint density at radius 3 is 2.38 bits per heavy atom. The summed E-state index contributed by atoms with van der Waals surface area (Å²) in [4.78, 5) is 2.16. The fourth-order valence-corrected chi connectivity index (χ4v) is 2.57. The molecule has 1 unspecified atom stereocenters. The van der Waals surface area contributed by atoms with Crippen LogP contribution in [0.2, 0.25) is 0 Å². The lowest BCUT2D eigenvalue weighted by Gasteiger charge is -2.26. The number of nitrogens with zero attached hydrogens (tertiary/aromatic N) is 2. The Kier molecular flexibility index (Phi) is 4.97. The molecule has 0 saturated heterocycles. The van der Waals surface area contributed by atoms with E-state index < -0.39 is 0 Å². The van der Waals surface area contributed by atoms with E-state index in [1.54, 1.807) is 0 Å². The van der Waals surface area contributed by atoms with Gasteiger partial charge in [0.25, 0.3) is 0 Å². The van der Waals surface area contributed by atoms with Crippen molar-refractivity contribution >= 4 is 11.4 Å². The number of anilines is 2. The Labute approximate surface area is 126 Å². The Bertz CT molecular complexity index is 622. The van der Waals surface area contributed by atoms with E-state index in [-0.39, 0.29) is 0 Å². The van der Waals surface area contributed by atoms with Crippen molar-refractivity contribution in [3.05, 3.63) is 59.7 Å². The molecule has 0 spiro atoms. The minimum absolute atomic E-state index is 0.335. The van der Waals surface area contributed by atoms with Gasteiger partial charge < -0.3 is 10.2 Å². The number of para-hydroxylation sites is 1. The number of hydrogen-bond donors (Lipinski definition) is 1.